The zero-order valence-corrected chi connectivity index (χ0v) is 19.2. The van der Waals surface area contributed by atoms with Gasteiger partial charge in [-0.25, -0.2) is 4.98 Å². The highest BCUT2D eigenvalue weighted by Crippen LogP contribution is 2.35. The minimum atomic E-state index is -0.392. The van der Waals surface area contributed by atoms with Gasteiger partial charge in [0.15, 0.2) is 0 Å². The second-order valence-corrected chi connectivity index (χ2v) is 8.34. The third kappa shape index (κ3) is 4.80. The molecule has 10 nitrogen and oxygen atoms in total. The number of carbonyl (C=O) groups is 1. The van der Waals surface area contributed by atoms with Crippen LogP contribution in [0.3, 0.4) is 0 Å². The Morgan fingerprint density at radius 2 is 1.97 bits per heavy atom. The molecule has 3 aromatic rings. The molecule has 1 amide bonds. The Balaban J connectivity index is 1.68. The van der Waals surface area contributed by atoms with E-state index in [9.17, 15) is 4.79 Å². The standard InChI is InChI=1S/C20H21ClN6O4S/c1-29-12-9-27(10-12)8-11-4-13(14-5-17(21)23-7-16(14)30-2)15(6-22-11)18(28)24-19-25-26-20(31-3)32-19/h4-7,12H,8-10H2,1-3H3,(H,24,25,28). The van der Waals surface area contributed by atoms with Gasteiger partial charge in [-0.1, -0.05) is 16.7 Å². The molecule has 1 fully saturated rings. The summed E-state index contributed by atoms with van der Waals surface area (Å²) in [6.45, 7) is 2.29. The molecule has 12 heteroatoms. The lowest BCUT2D eigenvalue weighted by Crippen LogP contribution is -2.51. The van der Waals surface area contributed by atoms with Gasteiger partial charge in [-0.2, -0.15) is 0 Å². The topological polar surface area (TPSA) is 112 Å². The molecule has 32 heavy (non-hydrogen) atoms. The second kappa shape index (κ2) is 9.74. The average Bonchev–Trinajstić information content (AvgIpc) is 3.23. The van der Waals surface area contributed by atoms with E-state index < -0.39 is 5.91 Å². The van der Waals surface area contributed by atoms with Crippen molar-refractivity contribution in [2.45, 2.75) is 12.6 Å². The van der Waals surface area contributed by atoms with Crippen LogP contribution in [0, 0.1) is 0 Å². The smallest absolute Gasteiger partial charge is 0.295 e. The maximum atomic E-state index is 13.1. The summed E-state index contributed by atoms with van der Waals surface area (Å²) in [5, 5.41) is 11.4. The van der Waals surface area contributed by atoms with Crippen molar-refractivity contribution in [3.63, 3.8) is 0 Å². The van der Waals surface area contributed by atoms with Crippen molar-refractivity contribution in [3.05, 3.63) is 40.9 Å². The van der Waals surface area contributed by atoms with Crippen molar-refractivity contribution in [1.29, 1.82) is 0 Å². The first-order valence-corrected chi connectivity index (χ1v) is 10.8. The summed E-state index contributed by atoms with van der Waals surface area (Å²) in [5.41, 5.74) is 2.39. The van der Waals surface area contributed by atoms with Crippen LogP contribution < -0.4 is 14.8 Å². The molecular formula is C20H21ClN6O4S. The van der Waals surface area contributed by atoms with Gasteiger partial charge in [0.2, 0.25) is 5.13 Å². The van der Waals surface area contributed by atoms with Crippen LogP contribution >= 0.6 is 22.9 Å². The van der Waals surface area contributed by atoms with Crippen LogP contribution in [0.15, 0.2) is 24.5 Å². The van der Waals surface area contributed by atoms with E-state index in [1.54, 1.807) is 19.4 Å². The predicted molar refractivity (Wildman–Crippen MR) is 120 cm³/mol. The van der Waals surface area contributed by atoms with Gasteiger partial charge in [0.25, 0.3) is 11.1 Å². The molecule has 168 valence electrons. The summed E-state index contributed by atoms with van der Waals surface area (Å²) in [6.07, 6.45) is 3.30. The molecular weight excluding hydrogens is 456 g/mol. The number of carbonyl (C=O) groups excluding carboxylic acids is 1. The number of nitrogens with one attached hydrogen (secondary N) is 1. The van der Waals surface area contributed by atoms with Gasteiger partial charge < -0.3 is 14.2 Å². The Bertz CT molecular complexity index is 1120. The van der Waals surface area contributed by atoms with E-state index in [2.05, 4.69) is 30.4 Å². The molecule has 0 radical (unpaired) electrons. The molecule has 4 heterocycles. The quantitative estimate of drug-likeness (QED) is 0.490. The highest BCUT2D eigenvalue weighted by Gasteiger charge is 2.27. The number of likely N-dealkylation sites (tertiary alicyclic amines) is 1. The molecule has 0 unspecified atom stereocenters. The largest absolute Gasteiger partial charge is 0.494 e. The fourth-order valence-electron chi connectivity index (χ4n) is 3.32. The maximum absolute atomic E-state index is 13.1. The van der Waals surface area contributed by atoms with E-state index >= 15 is 0 Å². The van der Waals surface area contributed by atoms with Crippen molar-refractivity contribution in [2.24, 2.45) is 0 Å². The van der Waals surface area contributed by atoms with E-state index in [4.69, 9.17) is 25.8 Å². The summed E-state index contributed by atoms with van der Waals surface area (Å²) in [5.74, 6) is 0.0952. The van der Waals surface area contributed by atoms with E-state index in [0.717, 1.165) is 30.1 Å². The number of rotatable bonds is 8. The lowest BCUT2D eigenvalue weighted by Gasteiger charge is -2.37. The molecule has 4 rings (SSSR count). The van der Waals surface area contributed by atoms with Crippen molar-refractivity contribution in [2.75, 3.05) is 39.7 Å². The third-order valence-corrected chi connectivity index (χ3v) is 6.00. The third-order valence-electron chi connectivity index (χ3n) is 4.99. The van der Waals surface area contributed by atoms with Crippen LogP contribution in [0.2, 0.25) is 5.15 Å². The van der Waals surface area contributed by atoms with Gasteiger partial charge in [0, 0.05) is 44.1 Å². The SMILES string of the molecule is COc1nnc(NC(=O)c2cnc(CN3CC(OC)C3)cc2-c2cc(Cl)ncc2OC)s1. The van der Waals surface area contributed by atoms with E-state index in [0.29, 0.717) is 39.3 Å². The lowest BCUT2D eigenvalue weighted by atomic mass is 9.99. The molecule has 3 aromatic heterocycles. The Labute approximate surface area is 193 Å². The Morgan fingerprint density at radius 1 is 1.16 bits per heavy atom. The van der Waals surface area contributed by atoms with E-state index in [-0.39, 0.29) is 11.3 Å². The maximum Gasteiger partial charge on any atom is 0.295 e. The van der Waals surface area contributed by atoms with Crippen LogP contribution in [0.4, 0.5) is 5.13 Å². The highest BCUT2D eigenvalue weighted by molar-refractivity contribution is 7.17. The normalized spacial score (nSPS) is 14.1. The first-order valence-electron chi connectivity index (χ1n) is 9.63. The van der Waals surface area contributed by atoms with Crippen LogP contribution in [0.1, 0.15) is 16.1 Å². The van der Waals surface area contributed by atoms with Gasteiger partial charge in [-0.15, -0.1) is 5.10 Å². The molecule has 1 aliphatic heterocycles. The number of anilines is 1. The Kier molecular flexibility index (Phi) is 6.80. The van der Waals surface area contributed by atoms with Crippen molar-refractivity contribution >= 4 is 34.0 Å². The highest BCUT2D eigenvalue weighted by atomic mass is 35.5. The molecule has 0 bridgehead atoms. The minimum absolute atomic E-state index is 0.238. The molecule has 0 saturated carbocycles. The van der Waals surface area contributed by atoms with Gasteiger partial charge in [-0.3, -0.25) is 20.0 Å². The first-order chi connectivity index (χ1) is 15.5. The van der Waals surface area contributed by atoms with Crippen molar-refractivity contribution in [3.8, 4) is 22.1 Å². The zero-order valence-electron chi connectivity index (χ0n) is 17.7. The Morgan fingerprint density at radius 3 is 2.66 bits per heavy atom. The number of aromatic nitrogens is 4. The van der Waals surface area contributed by atoms with Crippen LogP contribution in [-0.2, 0) is 11.3 Å². The monoisotopic (exact) mass is 476 g/mol. The average molecular weight is 477 g/mol. The Hall–Kier alpha value is -2.86. The van der Waals surface area contributed by atoms with Crippen LogP contribution in [0.25, 0.3) is 11.1 Å². The number of amides is 1. The fourth-order valence-corrected chi connectivity index (χ4v) is 4.03. The number of hydrogen-bond acceptors (Lipinski definition) is 10. The predicted octanol–water partition coefficient (Wildman–Crippen LogP) is 2.75. The molecule has 1 N–H and O–H groups in total. The molecule has 0 spiro atoms. The molecule has 1 aliphatic rings. The zero-order chi connectivity index (χ0) is 22.7. The number of ether oxygens (including phenoxy) is 3. The first kappa shape index (κ1) is 22.3. The molecule has 0 aliphatic carbocycles. The van der Waals surface area contributed by atoms with E-state index in [1.807, 2.05) is 6.07 Å². The summed E-state index contributed by atoms with van der Waals surface area (Å²) in [6, 6.07) is 3.53. The number of hydrogen-bond donors (Lipinski definition) is 1. The van der Waals surface area contributed by atoms with Crippen molar-refractivity contribution < 1.29 is 19.0 Å². The second-order valence-electron chi connectivity index (χ2n) is 7.01. The number of methoxy groups -OCH3 is 3. The van der Waals surface area contributed by atoms with Crippen LogP contribution in [-0.4, -0.2) is 71.5 Å². The summed E-state index contributed by atoms with van der Waals surface area (Å²) >= 11 is 7.28. The van der Waals surface area contributed by atoms with Gasteiger partial charge in [-0.05, 0) is 23.5 Å². The molecule has 0 aromatic carbocycles. The molecule has 0 atom stereocenters. The van der Waals surface area contributed by atoms with Crippen LogP contribution in [0.5, 0.6) is 10.9 Å². The summed E-state index contributed by atoms with van der Waals surface area (Å²) < 4.78 is 15.8. The number of nitrogens with zero attached hydrogens (tertiary/aromatic N) is 5. The van der Waals surface area contributed by atoms with E-state index in [1.165, 1.54) is 20.4 Å². The lowest BCUT2D eigenvalue weighted by molar-refractivity contribution is -0.0339. The van der Waals surface area contributed by atoms with Gasteiger partial charge in [0.1, 0.15) is 10.9 Å². The van der Waals surface area contributed by atoms with Crippen molar-refractivity contribution in [1.82, 2.24) is 25.1 Å². The summed E-state index contributed by atoms with van der Waals surface area (Å²) in [7, 11) is 4.73. The summed E-state index contributed by atoms with van der Waals surface area (Å²) in [4.78, 5) is 23.9. The minimum Gasteiger partial charge on any atom is -0.494 e. The fraction of sp³-hybridized carbons (Fsp3) is 0.350. The number of pyridine rings is 2. The molecule has 1 saturated heterocycles. The van der Waals surface area contributed by atoms with Gasteiger partial charge >= 0.3 is 0 Å². The van der Waals surface area contributed by atoms with Gasteiger partial charge in [0.05, 0.1) is 37.8 Å². The number of halogens is 1.